The van der Waals surface area contributed by atoms with Gasteiger partial charge < -0.3 is 15.2 Å². The van der Waals surface area contributed by atoms with E-state index >= 15 is 0 Å². The standard InChI is InChI=1S/C29H37ClN4O5S/c1-19-15-24(40(37,38)14-4-13-39-23-9-7-20(18-35)8-10-23)11-12-26(19)32-29-31-17-21-16-25(30)28(36)34(27(21)33-29)22-5-2-3-6-22/h11-12,15-17,20,22-23,35H,2-10,13-14,18H2,1H3,(H,31,32,33). The first-order valence-electron chi connectivity index (χ1n) is 14.2. The molecule has 2 heterocycles. The van der Waals surface area contributed by atoms with E-state index in [0.29, 0.717) is 41.6 Å². The fourth-order valence-corrected chi connectivity index (χ4v) is 7.41. The highest BCUT2D eigenvalue weighted by atomic mass is 35.5. The Hall–Kier alpha value is -2.53. The number of pyridine rings is 1. The van der Waals surface area contributed by atoms with Gasteiger partial charge in [0, 0.05) is 36.5 Å². The second kappa shape index (κ2) is 12.5. The number of aromatic nitrogens is 3. The van der Waals surface area contributed by atoms with Crippen LogP contribution in [0.4, 0.5) is 11.6 Å². The number of sulfone groups is 1. The molecular weight excluding hydrogens is 552 g/mol. The Kier molecular flexibility index (Phi) is 9.09. The molecule has 2 aromatic heterocycles. The molecule has 0 aliphatic heterocycles. The van der Waals surface area contributed by atoms with E-state index in [2.05, 4.69) is 15.3 Å². The Labute approximate surface area is 239 Å². The molecule has 5 rings (SSSR count). The van der Waals surface area contributed by atoms with E-state index < -0.39 is 9.84 Å². The van der Waals surface area contributed by atoms with Gasteiger partial charge in [-0.15, -0.1) is 0 Å². The maximum atomic E-state index is 13.0. The molecule has 40 heavy (non-hydrogen) atoms. The van der Waals surface area contributed by atoms with Crippen LogP contribution in [0.5, 0.6) is 0 Å². The van der Waals surface area contributed by atoms with Gasteiger partial charge in [0.1, 0.15) is 10.7 Å². The predicted octanol–water partition coefficient (Wildman–Crippen LogP) is 5.34. The number of aliphatic hydroxyl groups is 1. The van der Waals surface area contributed by atoms with Gasteiger partial charge in [-0.1, -0.05) is 24.4 Å². The average molecular weight is 589 g/mol. The Morgan fingerprint density at radius 3 is 2.58 bits per heavy atom. The van der Waals surface area contributed by atoms with Crippen molar-refractivity contribution in [1.29, 1.82) is 0 Å². The molecule has 2 aliphatic rings. The summed E-state index contributed by atoms with van der Waals surface area (Å²) in [5, 5.41) is 13.3. The van der Waals surface area contributed by atoms with Crippen LogP contribution < -0.4 is 10.9 Å². The lowest BCUT2D eigenvalue weighted by atomic mass is 9.88. The Balaban J connectivity index is 1.25. The number of aryl methyl sites for hydroxylation is 1. The lowest BCUT2D eigenvalue weighted by molar-refractivity contribution is 0.0120. The molecule has 0 radical (unpaired) electrons. The highest BCUT2D eigenvalue weighted by molar-refractivity contribution is 7.91. The lowest BCUT2D eigenvalue weighted by Gasteiger charge is -2.27. The summed E-state index contributed by atoms with van der Waals surface area (Å²) < 4.78 is 33.6. The van der Waals surface area contributed by atoms with Gasteiger partial charge in [0.2, 0.25) is 5.95 Å². The molecule has 2 saturated carbocycles. The summed E-state index contributed by atoms with van der Waals surface area (Å²) in [7, 11) is -3.46. The van der Waals surface area contributed by atoms with Crippen molar-refractivity contribution < 1.29 is 18.3 Å². The maximum Gasteiger partial charge on any atom is 0.271 e. The van der Waals surface area contributed by atoms with Crippen LogP contribution in [0.15, 0.2) is 40.2 Å². The molecule has 0 saturated heterocycles. The third-order valence-electron chi connectivity index (χ3n) is 8.19. The smallest absolute Gasteiger partial charge is 0.271 e. The van der Waals surface area contributed by atoms with Gasteiger partial charge in [-0.25, -0.2) is 13.4 Å². The van der Waals surface area contributed by atoms with Crippen LogP contribution in [0, 0.1) is 12.8 Å². The molecule has 1 aromatic carbocycles. The fraction of sp³-hybridized carbons (Fsp3) is 0.552. The molecule has 11 heteroatoms. The number of hydrogen-bond donors (Lipinski definition) is 2. The largest absolute Gasteiger partial charge is 0.396 e. The second-order valence-corrected chi connectivity index (χ2v) is 13.6. The van der Waals surface area contributed by atoms with Crippen LogP contribution in [0.1, 0.15) is 69.4 Å². The van der Waals surface area contributed by atoms with Crippen molar-refractivity contribution >= 4 is 44.1 Å². The van der Waals surface area contributed by atoms with Crippen LogP contribution in [0.25, 0.3) is 11.0 Å². The molecular formula is C29H37ClN4O5S. The molecule has 0 amide bonds. The van der Waals surface area contributed by atoms with Crippen molar-refractivity contribution in [3.05, 3.63) is 51.4 Å². The molecule has 2 N–H and O–H groups in total. The van der Waals surface area contributed by atoms with Crippen LogP contribution in [0.2, 0.25) is 5.02 Å². The van der Waals surface area contributed by atoms with Crippen molar-refractivity contribution in [1.82, 2.24) is 14.5 Å². The number of anilines is 2. The third-order valence-corrected chi connectivity index (χ3v) is 10.3. The van der Waals surface area contributed by atoms with Gasteiger partial charge in [0.05, 0.1) is 16.8 Å². The molecule has 2 aliphatic carbocycles. The van der Waals surface area contributed by atoms with Crippen molar-refractivity contribution in [2.75, 3.05) is 24.3 Å². The van der Waals surface area contributed by atoms with E-state index in [4.69, 9.17) is 16.3 Å². The highest BCUT2D eigenvalue weighted by Crippen LogP contribution is 2.32. The summed E-state index contributed by atoms with van der Waals surface area (Å²) in [5.41, 5.74) is 1.73. The van der Waals surface area contributed by atoms with Gasteiger partial charge in [0.15, 0.2) is 9.84 Å². The normalized spacial score (nSPS) is 20.3. The monoisotopic (exact) mass is 588 g/mol. The first kappa shape index (κ1) is 29.0. The summed E-state index contributed by atoms with van der Waals surface area (Å²) in [5.74, 6) is 0.705. The number of fused-ring (bicyclic) bond motifs is 1. The van der Waals surface area contributed by atoms with E-state index in [0.717, 1.165) is 56.9 Å². The molecule has 0 unspecified atom stereocenters. The molecule has 0 spiro atoms. The first-order valence-corrected chi connectivity index (χ1v) is 16.2. The van der Waals surface area contributed by atoms with Gasteiger partial charge in [-0.05, 0) is 87.6 Å². The summed E-state index contributed by atoms with van der Waals surface area (Å²) in [6.07, 6.45) is 9.93. The summed E-state index contributed by atoms with van der Waals surface area (Å²) in [6.45, 7) is 2.47. The number of ether oxygens (including phenoxy) is 1. The zero-order valence-corrected chi connectivity index (χ0v) is 24.4. The van der Waals surface area contributed by atoms with Crippen molar-refractivity contribution in [3.8, 4) is 0 Å². The van der Waals surface area contributed by atoms with E-state index in [1.807, 2.05) is 6.92 Å². The molecule has 3 aromatic rings. The fourth-order valence-electron chi connectivity index (χ4n) is 5.84. The summed E-state index contributed by atoms with van der Waals surface area (Å²) in [6, 6.07) is 6.64. The average Bonchev–Trinajstić information content (AvgIpc) is 3.48. The zero-order chi connectivity index (χ0) is 28.3. The van der Waals surface area contributed by atoms with Crippen LogP contribution in [-0.2, 0) is 14.6 Å². The van der Waals surface area contributed by atoms with Crippen LogP contribution in [0.3, 0.4) is 0 Å². The minimum Gasteiger partial charge on any atom is -0.396 e. The van der Waals surface area contributed by atoms with E-state index in [1.54, 1.807) is 35.0 Å². The Morgan fingerprint density at radius 2 is 1.88 bits per heavy atom. The minimum atomic E-state index is -3.46. The number of nitrogens with zero attached hydrogens (tertiary/aromatic N) is 3. The molecule has 216 valence electrons. The second-order valence-electron chi connectivity index (χ2n) is 11.0. The first-order chi connectivity index (χ1) is 19.2. The molecule has 2 fully saturated rings. The number of rotatable bonds is 10. The third kappa shape index (κ3) is 6.51. The van der Waals surface area contributed by atoms with Gasteiger partial charge >= 0.3 is 0 Å². The van der Waals surface area contributed by atoms with Crippen molar-refractivity contribution in [2.45, 2.75) is 81.8 Å². The summed E-state index contributed by atoms with van der Waals surface area (Å²) >= 11 is 6.23. The zero-order valence-electron chi connectivity index (χ0n) is 22.8. The predicted molar refractivity (Wildman–Crippen MR) is 156 cm³/mol. The molecule has 0 bridgehead atoms. The van der Waals surface area contributed by atoms with E-state index in [1.165, 1.54) is 0 Å². The van der Waals surface area contributed by atoms with Crippen molar-refractivity contribution in [2.24, 2.45) is 5.92 Å². The number of halogens is 1. The van der Waals surface area contributed by atoms with E-state index in [9.17, 15) is 18.3 Å². The van der Waals surface area contributed by atoms with Gasteiger partial charge in [0.25, 0.3) is 5.56 Å². The number of hydrogen-bond acceptors (Lipinski definition) is 8. The summed E-state index contributed by atoms with van der Waals surface area (Å²) in [4.78, 5) is 22.2. The van der Waals surface area contributed by atoms with Crippen molar-refractivity contribution in [3.63, 3.8) is 0 Å². The van der Waals surface area contributed by atoms with Gasteiger partial charge in [-0.3, -0.25) is 9.36 Å². The van der Waals surface area contributed by atoms with Crippen LogP contribution in [-0.4, -0.2) is 53.1 Å². The van der Waals surface area contributed by atoms with Gasteiger partial charge in [-0.2, -0.15) is 4.98 Å². The topological polar surface area (TPSA) is 123 Å². The molecule has 0 atom stereocenters. The minimum absolute atomic E-state index is 0.0141. The Bertz CT molecular complexity index is 1510. The number of benzene rings is 1. The lowest BCUT2D eigenvalue weighted by Crippen LogP contribution is -2.25. The Morgan fingerprint density at radius 1 is 1.12 bits per heavy atom. The highest BCUT2D eigenvalue weighted by Gasteiger charge is 2.23. The quantitative estimate of drug-likeness (QED) is 0.304. The number of aliphatic hydroxyl groups excluding tert-OH is 1. The van der Waals surface area contributed by atoms with E-state index in [-0.39, 0.29) is 40.0 Å². The maximum absolute atomic E-state index is 13.0. The SMILES string of the molecule is Cc1cc(S(=O)(=O)CCCOC2CCC(CO)CC2)ccc1Nc1ncc2cc(Cl)c(=O)n(C3CCCC3)c2n1. The van der Waals surface area contributed by atoms with Crippen LogP contribution >= 0.6 is 11.6 Å². The number of nitrogens with one attached hydrogen (secondary N) is 1. The molecule has 9 nitrogen and oxygen atoms in total.